The summed E-state index contributed by atoms with van der Waals surface area (Å²) in [6.45, 7) is 4.70. The van der Waals surface area contributed by atoms with Gasteiger partial charge in [-0.15, -0.1) is 35.3 Å². The van der Waals surface area contributed by atoms with Gasteiger partial charge in [0.1, 0.15) is 23.7 Å². The molecule has 2 aromatic rings. The molecule has 2 aliphatic rings. The maximum Gasteiger partial charge on any atom is 0.352 e. The molecule has 2 aliphatic heterocycles. The molecule has 10 nitrogen and oxygen atoms in total. The van der Waals surface area contributed by atoms with Crippen LogP contribution in [0.5, 0.6) is 0 Å². The number of carboxylic acids is 2. The lowest BCUT2D eigenvalue weighted by molar-refractivity contribution is -0.709. The number of nitrogens with zero attached hydrogens (tertiary/aromatic N) is 2. The Morgan fingerprint density at radius 2 is 1.89 bits per heavy atom. The number of aryl methyl sites for hydroxylation is 2. The minimum absolute atomic E-state index is 0.0222. The van der Waals surface area contributed by atoms with Crippen molar-refractivity contribution in [3.63, 3.8) is 0 Å². The molecule has 1 aromatic heterocycles. The molecule has 3 atom stereocenters. The summed E-state index contributed by atoms with van der Waals surface area (Å²) in [5.74, 6) is -2.39. The number of rotatable bonds is 14. The highest BCUT2D eigenvalue weighted by atomic mass is 35.5. The lowest BCUT2D eigenvalue weighted by atomic mass is 10.0. The van der Waals surface area contributed by atoms with E-state index in [1.54, 1.807) is 18.2 Å². The van der Waals surface area contributed by atoms with Gasteiger partial charge < -0.3 is 26.1 Å². The molecule has 0 saturated carbocycles. The molecular formula is C29H32Cl2N4O6S3. The third kappa shape index (κ3) is 8.24. The van der Waals surface area contributed by atoms with Crippen LogP contribution in [-0.2, 0) is 25.7 Å². The van der Waals surface area contributed by atoms with E-state index in [1.165, 1.54) is 40.2 Å². The molecule has 0 aliphatic carbocycles. The minimum atomic E-state index is -1.24. The molecule has 4 rings (SSSR count). The van der Waals surface area contributed by atoms with Gasteiger partial charge in [-0.3, -0.25) is 14.5 Å². The Hall–Kier alpha value is -2.42. The fourth-order valence-electron chi connectivity index (χ4n) is 4.99. The van der Waals surface area contributed by atoms with E-state index < -0.39 is 35.3 Å². The summed E-state index contributed by atoms with van der Waals surface area (Å²) in [7, 11) is 0. The average molecular weight is 700 g/mol. The summed E-state index contributed by atoms with van der Waals surface area (Å²) < 4.78 is 2.15. The first kappa shape index (κ1) is 34.5. The normalized spacial score (nSPS) is 18.5. The second-order valence-corrected chi connectivity index (χ2v) is 14.4. The van der Waals surface area contributed by atoms with Crippen LogP contribution in [0.3, 0.4) is 0 Å². The van der Waals surface area contributed by atoms with Crippen molar-refractivity contribution < 1.29 is 34.0 Å². The number of aromatic nitrogens is 1. The zero-order valence-corrected chi connectivity index (χ0v) is 28.0. The van der Waals surface area contributed by atoms with Crippen molar-refractivity contribution in [1.82, 2.24) is 10.2 Å². The van der Waals surface area contributed by atoms with Crippen LogP contribution in [0.2, 0.25) is 10.0 Å². The Labute approximate surface area is 278 Å². The van der Waals surface area contributed by atoms with Crippen molar-refractivity contribution in [3.8, 4) is 0 Å². The first-order chi connectivity index (χ1) is 20.9. The van der Waals surface area contributed by atoms with Crippen molar-refractivity contribution >= 4 is 82.2 Å². The zero-order valence-electron chi connectivity index (χ0n) is 24.0. The van der Waals surface area contributed by atoms with Crippen LogP contribution >= 0.6 is 58.5 Å². The number of amides is 2. The van der Waals surface area contributed by atoms with E-state index in [4.69, 9.17) is 28.9 Å². The summed E-state index contributed by atoms with van der Waals surface area (Å²) in [6.07, 6.45) is 1.80. The number of benzene rings is 1. The highest BCUT2D eigenvalue weighted by molar-refractivity contribution is 8.01. The summed E-state index contributed by atoms with van der Waals surface area (Å²) in [6, 6.07) is 7.25. The van der Waals surface area contributed by atoms with E-state index in [1.807, 2.05) is 26.0 Å². The molecule has 0 radical (unpaired) electrons. The molecule has 3 heterocycles. The Morgan fingerprint density at radius 3 is 2.55 bits per heavy atom. The molecule has 0 unspecified atom stereocenters. The van der Waals surface area contributed by atoms with Gasteiger partial charge in [-0.25, -0.2) is 9.36 Å². The Kier molecular flexibility index (Phi) is 11.9. The maximum atomic E-state index is 13.1. The van der Waals surface area contributed by atoms with Gasteiger partial charge in [-0.05, 0) is 36.6 Å². The van der Waals surface area contributed by atoms with Gasteiger partial charge in [0.25, 0.3) is 5.91 Å². The number of hydrogen-bond acceptors (Lipinski definition) is 9. The van der Waals surface area contributed by atoms with Gasteiger partial charge in [-0.1, -0.05) is 23.2 Å². The number of fused-ring (bicyclic) bond motifs is 1. The summed E-state index contributed by atoms with van der Waals surface area (Å²) in [5.41, 5.74) is 8.20. The number of halogens is 2. The number of thioether (sulfide) groups is 3. The monoisotopic (exact) mass is 698 g/mol. The van der Waals surface area contributed by atoms with E-state index in [-0.39, 0.29) is 17.4 Å². The number of carbonyl (C=O) groups is 4. The SMILES string of the molecule is Cc1cc(SCC2=C(C(=O)O)N3C(=O)[C@@H](NC(=O)CSc4cc(Cl)ccc4Cl)[C@H]3SC2)cc(C)[n+]1CCCC[C@H](N)C(=O)[O-]. The van der Waals surface area contributed by atoms with E-state index in [2.05, 4.69) is 9.88 Å². The predicted octanol–water partition coefficient (Wildman–Crippen LogP) is 2.77. The molecule has 0 spiro atoms. The van der Waals surface area contributed by atoms with Crippen LogP contribution in [0.15, 0.2) is 51.4 Å². The summed E-state index contributed by atoms with van der Waals surface area (Å²) in [4.78, 5) is 51.7. The quantitative estimate of drug-likeness (QED) is 0.116. The topological polar surface area (TPSA) is 157 Å². The fourth-order valence-corrected chi connectivity index (χ4v) is 8.85. The number of pyridine rings is 1. The van der Waals surface area contributed by atoms with Gasteiger partial charge >= 0.3 is 5.97 Å². The molecule has 44 heavy (non-hydrogen) atoms. The lowest BCUT2D eigenvalue weighted by Crippen LogP contribution is -2.70. The third-order valence-electron chi connectivity index (χ3n) is 7.23. The highest BCUT2D eigenvalue weighted by Crippen LogP contribution is 2.42. The third-order valence-corrected chi connectivity index (χ3v) is 11.4. The van der Waals surface area contributed by atoms with E-state index in [0.29, 0.717) is 44.9 Å². The number of aliphatic carboxylic acids is 2. The smallest absolute Gasteiger partial charge is 0.352 e. The number of carbonyl (C=O) groups excluding carboxylic acids is 3. The second-order valence-electron chi connectivity index (χ2n) is 10.4. The molecule has 2 amide bonds. The molecule has 15 heteroatoms. The van der Waals surface area contributed by atoms with Crippen LogP contribution in [0, 0.1) is 13.8 Å². The first-order valence-corrected chi connectivity index (χ1v) is 17.5. The van der Waals surface area contributed by atoms with E-state index in [0.717, 1.165) is 29.2 Å². The van der Waals surface area contributed by atoms with Crippen molar-refractivity contribution in [1.29, 1.82) is 0 Å². The first-order valence-electron chi connectivity index (χ1n) is 13.7. The molecule has 0 bridgehead atoms. The maximum absolute atomic E-state index is 13.1. The Morgan fingerprint density at radius 1 is 1.18 bits per heavy atom. The van der Waals surface area contributed by atoms with Crippen molar-refractivity contribution in [2.45, 2.75) is 66.9 Å². The van der Waals surface area contributed by atoms with E-state index >= 15 is 0 Å². The van der Waals surface area contributed by atoms with Gasteiger partial charge in [0.05, 0.1) is 16.7 Å². The van der Waals surface area contributed by atoms with Crippen molar-refractivity contribution in [2.75, 3.05) is 17.3 Å². The van der Waals surface area contributed by atoms with Gasteiger partial charge in [0.2, 0.25) is 5.91 Å². The Bertz CT molecular complexity index is 1480. The minimum Gasteiger partial charge on any atom is -0.548 e. The number of nitrogens with one attached hydrogen (secondary N) is 1. The lowest BCUT2D eigenvalue weighted by Gasteiger charge is -2.49. The van der Waals surface area contributed by atoms with Crippen LogP contribution in [0.4, 0.5) is 0 Å². The number of carboxylic acid groups (broad SMARTS) is 2. The molecular weight excluding hydrogens is 667 g/mol. The van der Waals surface area contributed by atoms with Gasteiger partial charge in [0.15, 0.2) is 11.4 Å². The summed E-state index contributed by atoms with van der Waals surface area (Å²) in [5, 5.41) is 24.1. The van der Waals surface area contributed by atoms with Gasteiger partial charge in [-0.2, -0.15) is 0 Å². The number of nitrogens with two attached hydrogens (primary N) is 1. The Balaban J connectivity index is 1.34. The standard InChI is InChI=1S/C29H32Cl2N4O6S3/c1-15-9-19(10-16(2)34(15)8-4-3-5-21(32)28(38)39)42-12-17-13-44-27-24(26(37)35(27)25(17)29(40)41)33-23(36)14-43-22-11-18(30)6-7-20(22)31/h6-7,9-11,21,24,27H,3-5,8,12-14,32H2,1-2H3,(H2-,33,36,38,39,40,41)/t21-,24+,27+/m0/s1. The molecule has 4 N–H and O–H groups in total. The number of unbranched alkanes of at least 4 members (excludes halogenated alkanes) is 1. The molecule has 236 valence electrons. The summed E-state index contributed by atoms with van der Waals surface area (Å²) >= 11 is 16.3. The number of hydrogen-bond donors (Lipinski definition) is 3. The molecule has 1 fully saturated rings. The van der Waals surface area contributed by atoms with Crippen LogP contribution in [-0.4, -0.2) is 68.5 Å². The van der Waals surface area contributed by atoms with Crippen LogP contribution in [0.1, 0.15) is 30.7 Å². The second kappa shape index (κ2) is 15.2. The predicted molar refractivity (Wildman–Crippen MR) is 171 cm³/mol. The zero-order chi connectivity index (χ0) is 32.1. The largest absolute Gasteiger partial charge is 0.548 e. The number of β-lactam (4-membered cyclic amide) rings is 1. The van der Waals surface area contributed by atoms with Crippen molar-refractivity contribution in [2.24, 2.45) is 5.73 Å². The fraction of sp³-hybridized carbons (Fsp3) is 0.414. The average Bonchev–Trinajstić information content (AvgIpc) is 2.97. The van der Waals surface area contributed by atoms with Gasteiger partial charge in [0, 0.05) is 64.8 Å². The molecule has 1 saturated heterocycles. The van der Waals surface area contributed by atoms with E-state index in [9.17, 15) is 29.4 Å². The van der Waals surface area contributed by atoms with Crippen LogP contribution < -0.4 is 20.7 Å². The van der Waals surface area contributed by atoms with Crippen LogP contribution in [0.25, 0.3) is 0 Å². The highest BCUT2D eigenvalue weighted by Gasteiger charge is 2.54. The van der Waals surface area contributed by atoms with Crippen molar-refractivity contribution in [3.05, 3.63) is 63.0 Å². The molecule has 1 aromatic carbocycles.